The second-order valence-electron chi connectivity index (χ2n) is 7.25. The zero-order valence-corrected chi connectivity index (χ0v) is 16.8. The highest BCUT2D eigenvalue weighted by Crippen LogP contribution is 2.36. The number of sulfonamides is 1. The topological polar surface area (TPSA) is 86.8 Å². The maximum Gasteiger partial charge on any atom is 0.245 e. The molecule has 1 fully saturated rings. The fourth-order valence-corrected chi connectivity index (χ4v) is 5.80. The molecule has 0 radical (unpaired) electrons. The summed E-state index contributed by atoms with van der Waals surface area (Å²) < 4.78 is 27.4. The molecule has 0 aliphatic carbocycles. The molecule has 2 heterocycles. The minimum Gasteiger partial charge on any atom is -0.354 e. The van der Waals surface area contributed by atoms with E-state index < -0.39 is 16.1 Å². The number of hydrogen-bond acceptors (Lipinski definition) is 4. The summed E-state index contributed by atoms with van der Waals surface area (Å²) in [6, 6.07) is 15.4. The molecule has 2 aromatic carbocycles. The summed E-state index contributed by atoms with van der Waals surface area (Å²) in [5, 5.41) is 2.83. The molecule has 152 valence electrons. The van der Waals surface area contributed by atoms with Crippen molar-refractivity contribution in [3.05, 3.63) is 60.2 Å². The average molecular weight is 413 g/mol. The van der Waals surface area contributed by atoms with Crippen molar-refractivity contribution in [2.45, 2.75) is 30.2 Å². The molecule has 29 heavy (non-hydrogen) atoms. The summed E-state index contributed by atoms with van der Waals surface area (Å²) in [7, 11) is -3.77. The van der Waals surface area contributed by atoms with Crippen LogP contribution in [0, 0.1) is 0 Å². The maximum absolute atomic E-state index is 13.1. The quantitative estimate of drug-likeness (QED) is 0.806. The molecule has 2 aliphatic rings. The van der Waals surface area contributed by atoms with Crippen molar-refractivity contribution in [3.63, 3.8) is 0 Å². The number of amides is 2. The van der Waals surface area contributed by atoms with Crippen LogP contribution in [-0.4, -0.2) is 50.2 Å². The van der Waals surface area contributed by atoms with E-state index in [1.54, 1.807) is 18.2 Å². The van der Waals surface area contributed by atoms with Gasteiger partial charge in [0.2, 0.25) is 21.8 Å². The second-order valence-corrected chi connectivity index (χ2v) is 9.11. The lowest BCUT2D eigenvalue weighted by atomic mass is 10.1. The number of nitrogens with one attached hydrogen (secondary N) is 1. The number of hydrogen-bond donors (Lipinski definition) is 1. The van der Waals surface area contributed by atoms with Crippen molar-refractivity contribution in [2.75, 3.05) is 24.5 Å². The molecule has 4 rings (SSSR count). The lowest BCUT2D eigenvalue weighted by Crippen LogP contribution is -2.48. The monoisotopic (exact) mass is 413 g/mol. The van der Waals surface area contributed by atoms with Crippen molar-refractivity contribution in [3.8, 4) is 0 Å². The van der Waals surface area contributed by atoms with Crippen LogP contribution in [0.4, 0.5) is 5.69 Å². The summed E-state index contributed by atoms with van der Waals surface area (Å²) in [5.41, 5.74) is 1.38. The summed E-state index contributed by atoms with van der Waals surface area (Å²) in [6.45, 7) is 0.565. The van der Waals surface area contributed by atoms with E-state index in [2.05, 4.69) is 5.32 Å². The highest BCUT2D eigenvalue weighted by atomic mass is 32.2. The Kier molecular flexibility index (Phi) is 5.38. The van der Waals surface area contributed by atoms with Gasteiger partial charge in [0.05, 0.1) is 5.69 Å². The van der Waals surface area contributed by atoms with Crippen molar-refractivity contribution in [1.82, 2.24) is 9.62 Å². The summed E-state index contributed by atoms with van der Waals surface area (Å²) >= 11 is 0. The Balaban J connectivity index is 1.54. The fraction of sp³-hybridized carbons (Fsp3) is 0.333. The number of para-hydroxylation sites is 1. The van der Waals surface area contributed by atoms with Gasteiger partial charge < -0.3 is 10.2 Å². The Labute approximate surface area is 170 Å². The molecule has 8 heteroatoms. The number of carbonyl (C=O) groups excluding carboxylic acids is 2. The van der Waals surface area contributed by atoms with Crippen molar-refractivity contribution < 1.29 is 18.0 Å². The molecule has 0 bridgehead atoms. The smallest absolute Gasteiger partial charge is 0.245 e. The molecule has 2 aliphatic heterocycles. The summed E-state index contributed by atoms with van der Waals surface area (Å²) in [4.78, 5) is 27.1. The van der Waals surface area contributed by atoms with Crippen LogP contribution < -0.4 is 10.2 Å². The van der Waals surface area contributed by atoms with Gasteiger partial charge in [-0.15, -0.1) is 0 Å². The number of nitrogens with zero attached hydrogens (tertiary/aromatic N) is 2. The molecule has 1 N–H and O–H groups in total. The van der Waals surface area contributed by atoms with Gasteiger partial charge in [-0.05, 0) is 37.0 Å². The lowest BCUT2D eigenvalue weighted by molar-refractivity contribution is -0.125. The molecule has 7 nitrogen and oxygen atoms in total. The molecule has 0 saturated carbocycles. The van der Waals surface area contributed by atoms with Crippen LogP contribution in [-0.2, 0) is 26.0 Å². The van der Waals surface area contributed by atoms with E-state index in [1.807, 2.05) is 30.3 Å². The van der Waals surface area contributed by atoms with Gasteiger partial charge in [0, 0.05) is 13.1 Å². The first kappa shape index (κ1) is 19.6. The van der Waals surface area contributed by atoms with Crippen LogP contribution in [0.2, 0.25) is 0 Å². The van der Waals surface area contributed by atoms with Crippen LogP contribution in [0.1, 0.15) is 18.4 Å². The third-order valence-electron chi connectivity index (χ3n) is 5.38. The zero-order valence-electron chi connectivity index (χ0n) is 16.0. The van der Waals surface area contributed by atoms with Crippen molar-refractivity contribution in [1.29, 1.82) is 0 Å². The summed E-state index contributed by atoms with van der Waals surface area (Å²) in [5.74, 6) is -0.651. The van der Waals surface area contributed by atoms with E-state index in [9.17, 15) is 18.0 Å². The molecule has 0 spiro atoms. The normalized spacial score (nSPS) is 20.6. The van der Waals surface area contributed by atoms with Crippen molar-refractivity contribution >= 4 is 27.5 Å². The maximum atomic E-state index is 13.1. The van der Waals surface area contributed by atoms with E-state index in [4.69, 9.17) is 0 Å². The second kappa shape index (κ2) is 7.96. The van der Waals surface area contributed by atoms with Crippen LogP contribution in [0.25, 0.3) is 0 Å². The highest BCUT2D eigenvalue weighted by molar-refractivity contribution is 7.89. The first-order valence-electron chi connectivity index (χ1n) is 9.71. The van der Waals surface area contributed by atoms with E-state index in [0.717, 1.165) is 5.56 Å². The van der Waals surface area contributed by atoms with Crippen LogP contribution >= 0.6 is 0 Å². The molecule has 1 unspecified atom stereocenters. The van der Waals surface area contributed by atoms with Crippen LogP contribution in [0.15, 0.2) is 59.5 Å². The van der Waals surface area contributed by atoms with Gasteiger partial charge >= 0.3 is 0 Å². The molecular formula is C21H23N3O4S. The minimum atomic E-state index is -3.77. The predicted molar refractivity (Wildman–Crippen MR) is 109 cm³/mol. The number of carbonyl (C=O) groups is 2. The third-order valence-corrected chi connectivity index (χ3v) is 7.33. The largest absolute Gasteiger partial charge is 0.354 e. The molecule has 2 amide bonds. The standard InChI is InChI=1S/C21H23N3O4S/c25-20(22-13-12-16-7-2-1-3-8-16)15-23-17-9-4-5-11-19(17)29(27,28)24-14-6-10-18(24)21(23)26/h1-5,7-9,11,18H,6,10,12-15H2,(H,22,25). The SMILES string of the molecule is O=C(CN1C(=O)C2CCCN2S(=O)(=O)c2ccccc21)NCCc1ccccc1. The Morgan fingerprint density at radius 1 is 1.07 bits per heavy atom. The first-order chi connectivity index (χ1) is 14.0. The number of anilines is 1. The van der Waals surface area contributed by atoms with Gasteiger partial charge in [0.1, 0.15) is 17.5 Å². The summed E-state index contributed by atoms with van der Waals surface area (Å²) in [6.07, 6.45) is 1.79. The van der Waals surface area contributed by atoms with E-state index >= 15 is 0 Å². The third kappa shape index (κ3) is 3.77. The van der Waals surface area contributed by atoms with Gasteiger partial charge in [-0.25, -0.2) is 8.42 Å². The Morgan fingerprint density at radius 3 is 2.59 bits per heavy atom. The van der Waals surface area contributed by atoms with Crippen LogP contribution in [0.3, 0.4) is 0 Å². The van der Waals surface area contributed by atoms with E-state index in [0.29, 0.717) is 32.4 Å². The van der Waals surface area contributed by atoms with Crippen LogP contribution in [0.5, 0.6) is 0 Å². The van der Waals surface area contributed by atoms with E-state index in [-0.39, 0.29) is 28.9 Å². The average Bonchev–Trinajstić information content (AvgIpc) is 3.21. The Bertz CT molecular complexity index is 1020. The Hall–Kier alpha value is -2.71. The number of benzene rings is 2. The number of rotatable bonds is 5. The lowest BCUT2D eigenvalue weighted by Gasteiger charge is -2.24. The fourth-order valence-electron chi connectivity index (χ4n) is 3.95. The molecule has 0 aromatic heterocycles. The Morgan fingerprint density at radius 2 is 1.79 bits per heavy atom. The van der Waals surface area contributed by atoms with Gasteiger partial charge in [-0.2, -0.15) is 4.31 Å². The predicted octanol–water partition coefficient (Wildman–Crippen LogP) is 1.55. The molecule has 1 atom stereocenters. The number of fused-ring (bicyclic) bond motifs is 2. The van der Waals surface area contributed by atoms with Crippen molar-refractivity contribution in [2.24, 2.45) is 0 Å². The first-order valence-corrected chi connectivity index (χ1v) is 11.2. The molecule has 1 saturated heterocycles. The van der Waals surface area contributed by atoms with Gasteiger partial charge in [0.15, 0.2) is 0 Å². The highest BCUT2D eigenvalue weighted by Gasteiger charge is 2.46. The van der Waals surface area contributed by atoms with Gasteiger partial charge in [-0.1, -0.05) is 42.5 Å². The van der Waals surface area contributed by atoms with Gasteiger partial charge in [0.25, 0.3) is 0 Å². The molecule has 2 aromatic rings. The zero-order chi connectivity index (χ0) is 20.4. The van der Waals surface area contributed by atoms with Gasteiger partial charge in [-0.3, -0.25) is 9.59 Å². The minimum absolute atomic E-state index is 0.0786. The van der Waals surface area contributed by atoms with E-state index in [1.165, 1.54) is 15.3 Å². The molecular weight excluding hydrogens is 390 g/mol.